The highest BCUT2D eigenvalue weighted by Gasteiger charge is 2.30. The van der Waals surface area contributed by atoms with Crippen LogP contribution in [0.1, 0.15) is 41.6 Å². The fourth-order valence-electron chi connectivity index (χ4n) is 2.95. The van der Waals surface area contributed by atoms with Crippen molar-refractivity contribution in [2.45, 2.75) is 26.4 Å². The van der Waals surface area contributed by atoms with Crippen LogP contribution in [0.15, 0.2) is 48.5 Å². The van der Waals surface area contributed by atoms with Crippen molar-refractivity contribution in [2.24, 2.45) is 0 Å². The molecule has 0 aliphatic heterocycles. The second-order valence-electron chi connectivity index (χ2n) is 8.26. The van der Waals surface area contributed by atoms with Crippen LogP contribution in [0.3, 0.4) is 0 Å². The molecule has 0 atom stereocenters. The van der Waals surface area contributed by atoms with E-state index in [4.69, 9.17) is 16.3 Å². The number of esters is 1. The number of nitrogens with one attached hydrogen (secondary N) is 1. The predicted octanol–water partition coefficient (Wildman–Crippen LogP) is 4.94. The molecule has 0 saturated carbocycles. The summed E-state index contributed by atoms with van der Waals surface area (Å²) in [7, 11) is 3.54. The number of ether oxygens (including phenoxy) is 1. The Balaban J connectivity index is 2.15. The van der Waals surface area contributed by atoms with Crippen molar-refractivity contribution in [1.29, 1.82) is 0 Å². The van der Waals surface area contributed by atoms with Gasteiger partial charge in [0.25, 0.3) is 5.91 Å². The van der Waals surface area contributed by atoms with Crippen molar-refractivity contribution in [2.75, 3.05) is 24.3 Å². The van der Waals surface area contributed by atoms with Gasteiger partial charge in [-0.2, -0.15) is 4.98 Å². The highest BCUT2D eigenvalue weighted by molar-refractivity contribution is 6.31. The van der Waals surface area contributed by atoms with Crippen LogP contribution in [0, 0.1) is 5.82 Å². The van der Waals surface area contributed by atoms with Crippen LogP contribution in [0.4, 0.5) is 16.2 Å². The number of imidazole rings is 1. The number of hydrogen-bond donors (Lipinski definition) is 1. The van der Waals surface area contributed by atoms with Crippen molar-refractivity contribution in [3.05, 3.63) is 70.6 Å². The highest BCUT2D eigenvalue weighted by Crippen LogP contribution is 2.30. The molecule has 9 heteroatoms. The molecule has 1 heterocycles. The Bertz CT molecular complexity index is 1150. The van der Waals surface area contributed by atoms with Gasteiger partial charge in [0.05, 0.1) is 5.02 Å². The van der Waals surface area contributed by atoms with Gasteiger partial charge in [0.1, 0.15) is 11.4 Å². The average molecular weight is 459 g/mol. The maximum atomic E-state index is 13.5. The van der Waals surface area contributed by atoms with Gasteiger partial charge in [0, 0.05) is 25.3 Å². The van der Waals surface area contributed by atoms with E-state index in [1.54, 1.807) is 44.3 Å². The van der Waals surface area contributed by atoms with E-state index in [2.05, 4.69) is 10.3 Å². The molecule has 0 aliphatic rings. The molecule has 3 rings (SSSR count). The molecule has 0 radical (unpaired) electrons. The second-order valence-corrected chi connectivity index (χ2v) is 8.67. The minimum atomic E-state index is -0.771. The number of carbonyl (C=O) groups is 2. The minimum Gasteiger partial charge on any atom is -0.455 e. The van der Waals surface area contributed by atoms with Gasteiger partial charge in [-0.25, -0.2) is 9.18 Å². The van der Waals surface area contributed by atoms with Crippen LogP contribution in [0.2, 0.25) is 5.02 Å². The van der Waals surface area contributed by atoms with Gasteiger partial charge in [-0.05, 0) is 51.1 Å². The SMILES string of the molecule is CN(C)c1nc(NC(=O)c2ccc(F)c(Cl)c2)c(C(=O)OC(C)(C)C)n1-c1ccccc1. The van der Waals surface area contributed by atoms with E-state index in [-0.39, 0.29) is 22.1 Å². The van der Waals surface area contributed by atoms with Crippen LogP contribution in [0.5, 0.6) is 0 Å². The summed E-state index contributed by atoms with van der Waals surface area (Å²) >= 11 is 5.81. The number of hydrogen-bond acceptors (Lipinski definition) is 5. The van der Waals surface area contributed by atoms with Crippen molar-refractivity contribution in [1.82, 2.24) is 9.55 Å². The summed E-state index contributed by atoms with van der Waals surface area (Å²) in [5.74, 6) is -1.48. The van der Waals surface area contributed by atoms with Crippen LogP contribution in [-0.2, 0) is 4.74 Å². The van der Waals surface area contributed by atoms with Crippen molar-refractivity contribution < 1.29 is 18.7 Å². The van der Waals surface area contributed by atoms with Gasteiger partial charge in [0.2, 0.25) is 5.95 Å². The Kier molecular flexibility index (Phi) is 6.55. The largest absolute Gasteiger partial charge is 0.455 e. The molecule has 2 aromatic carbocycles. The Morgan fingerprint density at radius 3 is 2.34 bits per heavy atom. The van der Waals surface area contributed by atoms with Crippen LogP contribution in [0.25, 0.3) is 5.69 Å². The Morgan fingerprint density at radius 2 is 1.78 bits per heavy atom. The zero-order valence-electron chi connectivity index (χ0n) is 18.4. The smallest absolute Gasteiger partial charge is 0.359 e. The van der Waals surface area contributed by atoms with E-state index in [9.17, 15) is 14.0 Å². The molecular weight excluding hydrogens is 435 g/mol. The van der Waals surface area contributed by atoms with E-state index in [0.29, 0.717) is 11.6 Å². The molecule has 168 valence electrons. The summed E-state index contributed by atoms with van der Waals surface area (Å²) in [6, 6.07) is 12.7. The first-order chi connectivity index (χ1) is 15.0. The monoisotopic (exact) mass is 458 g/mol. The molecule has 0 aliphatic carbocycles. The molecule has 1 aromatic heterocycles. The van der Waals surface area contributed by atoms with E-state index < -0.39 is 23.3 Å². The summed E-state index contributed by atoms with van der Waals surface area (Å²) in [5.41, 5.74) is 0.0610. The van der Waals surface area contributed by atoms with Gasteiger partial charge >= 0.3 is 5.97 Å². The van der Waals surface area contributed by atoms with Crippen molar-refractivity contribution in [3.63, 3.8) is 0 Å². The van der Waals surface area contributed by atoms with Crippen LogP contribution >= 0.6 is 11.6 Å². The summed E-state index contributed by atoms with van der Waals surface area (Å²) < 4.78 is 20.7. The third-order valence-electron chi connectivity index (χ3n) is 4.28. The maximum Gasteiger partial charge on any atom is 0.359 e. The lowest BCUT2D eigenvalue weighted by Crippen LogP contribution is -2.27. The fourth-order valence-corrected chi connectivity index (χ4v) is 3.13. The third kappa shape index (κ3) is 5.08. The Labute approximate surface area is 190 Å². The normalized spacial score (nSPS) is 11.2. The number of benzene rings is 2. The summed E-state index contributed by atoms with van der Waals surface area (Å²) in [6.07, 6.45) is 0. The number of amides is 1. The molecule has 0 spiro atoms. The first-order valence-electron chi connectivity index (χ1n) is 9.83. The van der Waals surface area contributed by atoms with E-state index >= 15 is 0 Å². The number of aromatic nitrogens is 2. The van der Waals surface area contributed by atoms with Gasteiger partial charge in [-0.3, -0.25) is 9.36 Å². The fraction of sp³-hybridized carbons (Fsp3) is 0.261. The molecule has 0 saturated heterocycles. The number of rotatable bonds is 5. The van der Waals surface area contributed by atoms with E-state index in [1.807, 2.05) is 30.3 Å². The standard InChI is InChI=1S/C23H24ClFN4O3/c1-23(2,3)32-21(31)18-19(26-20(30)14-11-12-17(25)16(24)13-14)27-22(28(4)5)29(18)15-9-7-6-8-10-15/h6-13H,1-5H3,(H,26,30). The summed E-state index contributed by atoms with van der Waals surface area (Å²) in [5, 5.41) is 2.46. The number of nitrogens with zero attached hydrogens (tertiary/aromatic N) is 3. The highest BCUT2D eigenvalue weighted by atomic mass is 35.5. The zero-order chi connectivity index (χ0) is 23.6. The molecule has 0 unspecified atom stereocenters. The first-order valence-corrected chi connectivity index (χ1v) is 10.2. The molecule has 1 N–H and O–H groups in total. The van der Waals surface area contributed by atoms with E-state index in [1.165, 1.54) is 12.1 Å². The zero-order valence-corrected chi connectivity index (χ0v) is 19.2. The number of anilines is 2. The van der Waals surface area contributed by atoms with Gasteiger partial charge in [0.15, 0.2) is 11.5 Å². The average Bonchev–Trinajstić information content (AvgIpc) is 3.09. The quantitative estimate of drug-likeness (QED) is 0.548. The van der Waals surface area contributed by atoms with Gasteiger partial charge in [-0.1, -0.05) is 29.8 Å². The molecule has 32 heavy (non-hydrogen) atoms. The molecule has 3 aromatic rings. The number of carbonyl (C=O) groups excluding carboxylic acids is 2. The van der Waals surface area contributed by atoms with Crippen LogP contribution in [-0.4, -0.2) is 41.1 Å². The lowest BCUT2D eigenvalue weighted by atomic mass is 10.2. The minimum absolute atomic E-state index is 0.0113. The van der Waals surface area contributed by atoms with E-state index in [0.717, 1.165) is 6.07 Å². The lowest BCUT2D eigenvalue weighted by Gasteiger charge is -2.21. The van der Waals surface area contributed by atoms with Gasteiger partial charge < -0.3 is 15.0 Å². The topological polar surface area (TPSA) is 76.5 Å². The summed E-state index contributed by atoms with van der Waals surface area (Å²) in [4.78, 5) is 32.3. The van der Waals surface area contributed by atoms with Crippen molar-refractivity contribution >= 4 is 35.2 Å². The molecule has 1 amide bonds. The Hall–Kier alpha value is -3.39. The van der Waals surface area contributed by atoms with Crippen molar-refractivity contribution in [3.8, 4) is 5.69 Å². The van der Waals surface area contributed by atoms with Gasteiger partial charge in [-0.15, -0.1) is 0 Å². The predicted molar refractivity (Wildman–Crippen MR) is 122 cm³/mol. The third-order valence-corrected chi connectivity index (χ3v) is 4.57. The molecular formula is C23H24ClFN4O3. The maximum absolute atomic E-state index is 13.5. The summed E-state index contributed by atoms with van der Waals surface area (Å²) in [6.45, 7) is 5.25. The Morgan fingerprint density at radius 1 is 1.12 bits per heavy atom. The second kappa shape index (κ2) is 9.00. The first kappa shape index (κ1) is 23.3. The number of halogens is 2. The number of para-hydroxylation sites is 1. The molecule has 0 fully saturated rings. The van der Waals surface area contributed by atoms with Crippen LogP contribution < -0.4 is 10.2 Å². The lowest BCUT2D eigenvalue weighted by molar-refractivity contribution is 0.00619. The molecule has 0 bridgehead atoms. The molecule has 7 nitrogen and oxygen atoms in total.